The number of anilines is 1. The normalized spacial score (nSPS) is 11.3. The number of sulfone groups is 1. The fourth-order valence-corrected chi connectivity index (χ4v) is 3.78. The van der Waals surface area contributed by atoms with Gasteiger partial charge in [-0.3, -0.25) is 10.1 Å². The number of nitrogens with zero attached hydrogens (tertiary/aromatic N) is 1. The van der Waals surface area contributed by atoms with E-state index in [0.29, 0.717) is 5.13 Å². The summed E-state index contributed by atoms with van der Waals surface area (Å²) in [7, 11) is -3.36. The van der Waals surface area contributed by atoms with Gasteiger partial charge >= 0.3 is 0 Å². The van der Waals surface area contributed by atoms with E-state index in [0.717, 1.165) is 17.5 Å². The highest BCUT2D eigenvalue weighted by Crippen LogP contribution is 2.27. The number of hydrogen-bond acceptors (Lipinski definition) is 5. The number of benzene rings is 2. The topological polar surface area (TPSA) is 76.1 Å². The van der Waals surface area contributed by atoms with Gasteiger partial charge in [-0.2, -0.15) is 0 Å². The lowest BCUT2D eigenvalue weighted by atomic mass is 10.1. The van der Waals surface area contributed by atoms with Crippen LogP contribution in [0.3, 0.4) is 0 Å². The van der Waals surface area contributed by atoms with Crippen molar-refractivity contribution in [2.24, 2.45) is 0 Å². The molecule has 0 spiro atoms. The monoisotopic (exact) mass is 386 g/mol. The first-order valence-electron chi connectivity index (χ1n) is 7.88. The van der Waals surface area contributed by atoms with Crippen LogP contribution in [0.15, 0.2) is 52.7 Å². The summed E-state index contributed by atoms with van der Waals surface area (Å²) in [6.45, 7) is 4.10. The number of carbonyl (C=O) groups is 1. The van der Waals surface area contributed by atoms with Crippen molar-refractivity contribution in [2.75, 3.05) is 11.6 Å². The van der Waals surface area contributed by atoms with Gasteiger partial charge in [-0.15, -0.1) is 11.3 Å². The molecule has 1 heterocycles. The van der Waals surface area contributed by atoms with E-state index in [-0.39, 0.29) is 10.5 Å². The molecule has 0 aliphatic rings. The van der Waals surface area contributed by atoms with Gasteiger partial charge in [0.1, 0.15) is 0 Å². The van der Waals surface area contributed by atoms with Crippen LogP contribution in [0.25, 0.3) is 11.3 Å². The average molecular weight is 386 g/mol. The molecule has 0 unspecified atom stereocenters. The molecule has 5 nitrogen and oxygen atoms in total. The van der Waals surface area contributed by atoms with Gasteiger partial charge in [0.2, 0.25) is 0 Å². The van der Waals surface area contributed by atoms with Gasteiger partial charge in [-0.05, 0) is 49.2 Å². The molecule has 7 heteroatoms. The highest BCUT2D eigenvalue weighted by Gasteiger charge is 2.13. The molecule has 0 fully saturated rings. The zero-order chi connectivity index (χ0) is 18.9. The maximum absolute atomic E-state index is 12.4. The second-order valence-corrected chi connectivity index (χ2v) is 8.96. The molecule has 134 valence electrons. The van der Waals surface area contributed by atoms with Crippen LogP contribution in [0.5, 0.6) is 0 Å². The van der Waals surface area contributed by atoms with Crippen LogP contribution in [0.1, 0.15) is 21.5 Å². The van der Waals surface area contributed by atoms with Crippen molar-refractivity contribution < 1.29 is 13.2 Å². The van der Waals surface area contributed by atoms with E-state index in [1.54, 1.807) is 12.1 Å². The molecule has 26 heavy (non-hydrogen) atoms. The predicted octanol–water partition coefficient (Wildman–Crippen LogP) is 4.08. The smallest absolute Gasteiger partial charge is 0.257 e. The Kier molecular flexibility index (Phi) is 4.93. The molecular weight excluding hydrogens is 368 g/mol. The third-order valence-corrected chi connectivity index (χ3v) is 5.92. The zero-order valence-electron chi connectivity index (χ0n) is 14.6. The molecule has 3 rings (SSSR count). The molecule has 3 aromatic rings. The van der Waals surface area contributed by atoms with Crippen molar-refractivity contribution in [1.29, 1.82) is 0 Å². The summed E-state index contributed by atoms with van der Waals surface area (Å²) in [5.74, 6) is -0.392. The Balaban J connectivity index is 1.81. The molecule has 1 aromatic heterocycles. The first kappa shape index (κ1) is 18.3. The summed E-state index contributed by atoms with van der Waals surface area (Å²) >= 11 is 1.33. The third kappa shape index (κ3) is 4.00. The van der Waals surface area contributed by atoms with Crippen LogP contribution in [0.4, 0.5) is 5.13 Å². The first-order valence-corrected chi connectivity index (χ1v) is 10.7. The molecule has 0 saturated heterocycles. The number of carbonyl (C=O) groups excluding carboxylic acids is 1. The molecule has 1 amide bonds. The van der Waals surface area contributed by atoms with Crippen molar-refractivity contribution in [2.45, 2.75) is 18.7 Å². The summed E-state index contributed by atoms with van der Waals surface area (Å²) in [5, 5.41) is 5.07. The van der Waals surface area contributed by atoms with Gasteiger partial charge in [0.05, 0.1) is 10.6 Å². The van der Waals surface area contributed by atoms with E-state index in [4.69, 9.17) is 0 Å². The zero-order valence-corrected chi connectivity index (χ0v) is 16.2. The molecular formula is C19H18N2O3S2. The Morgan fingerprint density at radius 3 is 2.54 bits per heavy atom. The molecule has 0 aliphatic carbocycles. The van der Waals surface area contributed by atoms with Gasteiger partial charge in [0.15, 0.2) is 15.0 Å². The van der Waals surface area contributed by atoms with Crippen molar-refractivity contribution in [3.63, 3.8) is 0 Å². The number of amides is 1. The van der Waals surface area contributed by atoms with Gasteiger partial charge in [-0.1, -0.05) is 18.2 Å². The van der Waals surface area contributed by atoms with Gasteiger partial charge in [0, 0.05) is 22.8 Å². The highest BCUT2D eigenvalue weighted by molar-refractivity contribution is 7.90. The van der Waals surface area contributed by atoms with Crippen LogP contribution >= 0.6 is 11.3 Å². The van der Waals surface area contributed by atoms with E-state index in [9.17, 15) is 13.2 Å². The summed E-state index contributed by atoms with van der Waals surface area (Å²) in [4.78, 5) is 17.0. The lowest BCUT2D eigenvalue weighted by Gasteiger charge is -2.04. The minimum Gasteiger partial charge on any atom is -0.298 e. The third-order valence-electron chi connectivity index (χ3n) is 4.05. The largest absolute Gasteiger partial charge is 0.298 e. The van der Waals surface area contributed by atoms with Gasteiger partial charge in [-0.25, -0.2) is 13.4 Å². The minimum atomic E-state index is -3.36. The van der Waals surface area contributed by atoms with Gasteiger partial charge < -0.3 is 0 Å². The van der Waals surface area contributed by atoms with E-state index in [1.807, 2.05) is 24.4 Å². The minimum absolute atomic E-state index is 0.111. The molecule has 0 radical (unpaired) electrons. The van der Waals surface area contributed by atoms with Crippen molar-refractivity contribution in [3.05, 3.63) is 64.5 Å². The summed E-state index contributed by atoms with van der Waals surface area (Å²) in [6.07, 6.45) is 1.11. The van der Waals surface area contributed by atoms with Crippen LogP contribution in [0.2, 0.25) is 0 Å². The van der Waals surface area contributed by atoms with E-state index < -0.39 is 15.7 Å². The average Bonchev–Trinajstić information content (AvgIpc) is 3.05. The van der Waals surface area contributed by atoms with Crippen molar-refractivity contribution >= 4 is 32.2 Å². The number of hydrogen-bond donors (Lipinski definition) is 1. The lowest BCUT2D eigenvalue weighted by molar-refractivity contribution is 0.102. The number of rotatable bonds is 4. The van der Waals surface area contributed by atoms with Crippen LogP contribution in [0, 0.1) is 13.8 Å². The van der Waals surface area contributed by atoms with Crippen molar-refractivity contribution in [3.8, 4) is 11.3 Å². The fraction of sp³-hybridized carbons (Fsp3) is 0.158. The first-order chi connectivity index (χ1) is 12.2. The van der Waals surface area contributed by atoms with E-state index in [2.05, 4.69) is 23.3 Å². The summed E-state index contributed by atoms with van der Waals surface area (Å²) in [5.41, 5.74) is 4.44. The molecule has 1 N–H and O–H groups in total. The van der Waals surface area contributed by atoms with Crippen molar-refractivity contribution in [1.82, 2.24) is 4.98 Å². The Bertz CT molecular complexity index is 1090. The second-order valence-electron chi connectivity index (χ2n) is 6.09. The maximum atomic E-state index is 12.4. The highest BCUT2D eigenvalue weighted by atomic mass is 32.2. The molecule has 0 saturated carbocycles. The molecule has 2 aromatic carbocycles. The SMILES string of the molecule is Cc1ccc(-c2csc(NC(=O)c3cccc(S(C)(=O)=O)c3)n2)cc1C. The Morgan fingerprint density at radius 1 is 1.08 bits per heavy atom. The quantitative estimate of drug-likeness (QED) is 0.733. The molecule has 0 atom stereocenters. The Hall–Kier alpha value is -2.51. The Labute approximate surface area is 156 Å². The molecule has 0 aliphatic heterocycles. The fourth-order valence-electron chi connectivity index (χ4n) is 2.40. The van der Waals surface area contributed by atoms with Crippen LogP contribution < -0.4 is 5.32 Å². The van der Waals surface area contributed by atoms with Crippen LogP contribution in [-0.2, 0) is 9.84 Å². The number of thiazole rings is 1. The van der Waals surface area contributed by atoms with Crippen LogP contribution in [-0.4, -0.2) is 25.6 Å². The van der Waals surface area contributed by atoms with Gasteiger partial charge in [0.25, 0.3) is 5.91 Å². The Morgan fingerprint density at radius 2 is 1.85 bits per heavy atom. The summed E-state index contributed by atoms with van der Waals surface area (Å²) < 4.78 is 23.3. The number of nitrogens with one attached hydrogen (secondary N) is 1. The van der Waals surface area contributed by atoms with E-state index in [1.165, 1.54) is 34.6 Å². The maximum Gasteiger partial charge on any atom is 0.257 e. The predicted molar refractivity (Wildman–Crippen MR) is 105 cm³/mol. The molecule has 0 bridgehead atoms. The second kappa shape index (κ2) is 7.01. The standard InChI is InChI=1S/C19H18N2O3S2/c1-12-7-8-14(9-13(12)2)17-11-25-19(20-17)21-18(22)15-5-4-6-16(10-15)26(3,23)24/h4-11H,1-3H3,(H,20,21,22). The van der Waals surface area contributed by atoms with E-state index >= 15 is 0 Å². The number of aryl methyl sites for hydroxylation is 2. The summed E-state index contributed by atoms with van der Waals surface area (Å²) in [6, 6.07) is 12.1. The number of aromatic nitrogens is 1. The lowest BCUT2D eigenvalue weighted by Crippen LogP contribution is -2.12.